The van der Waals surface area contributed by atoms with Crippen LogP contribution in [0.15, 0.2) is 77.7 Å². The van der Waals surface area contributed by atoms with Gasteiger partial charge in [0.2, 0.25) is 11.8 Å². The standard InChI is InChI=1S/C31H38N4O3S/c36-30(26-12-6-16-32-19-26)33-20-27-13-7-17-35(27)31(37)29(22-38-21-23-8-2-1-3-9-23)34-39-28-15-14-24-10-4-5-11-25(24)18-28/h1-5,8-11,14-15,18,26-27,29,32,34H,6-7,12-13,16-17,19-22H2,(H,33,36)/t26-,27-,29?/m0/s1. The third-order valence-electron chi connectivity index (χ3n) is 7.57. The molecule has 3 aromatic carbocycles. The van der Waals surface area contributed by atoms with Gasteiger partial charge in [-0.05, 0) is 72.6 Å². The summed E-state index contributed by atoms with van der Waals surface area (Å²) in [4.78, 5) is 29.5. The summed E-state index contributed by atoms with van der Waals surface area (Å²) in [7, 11) is 0. The van der Waals surface area contributed by atoms with Crippen LogP contribution in [0.25, 0.3) is 10.8 Å². The molecule has 0 aromatic heterocycles. The lowest BCUT2D eigenvalue weighted by Crippen LogP contribution is -2.52. The first kappa shape index (κ1) is 27.6. The number of hydrogen-bond donors (Lipinski definition) is 3. The Balaban J connectivity index is 1.22. The predicted molar refractivity (Wildman–Crippen MR) is 156 cm³/mol. The average Bonchev–Trinajstić information content (AvgIpc) is 3.47. The van der Waals surface area contributed by atoms with Crippen LogP contribution in [-0.2, 0) is 20.9 Å². The molecule has 2 fully saturated rings. The summed E-state index contributed by atoms with van der Waals surface area (Å²) in [6.07, 6.45) is 3.78. The van der Waals surface area contributed by atoms with Crippen molar-refractivity contribution in [2.45, 2.75) is 49.3 Å². The fourth-order valence-electron chi connectivity index (χ4n) is 5.37. The summed E-state index contributed by atoms with van der Waals surface area (Å²) in [5.41, 5.74) is 1.07. The van der Waals surface area contributed by atoms with Gasteiger partial charge in [0.05, 0.1) is 19.1 Å². The minimum absolute atomic E-state index is 0.00194. The van der Waals surface area contributed by atoms with Gasteiger partial charge in [-0.2, -0.15) is 0 Å². The SMILES string of the molecule is O=C(NC[C@@H]1CCCN1C(=O)C(COCc1ccccc1)NSc1ccc2ccccc2c1)[C@H]1CCCNC1. The molecule has 2 saturated heterocycles. The second-order valence-electron chi connectivity index (χ2n) is 10.4. The van der Waals surface area contributed by atoms with Crippen molar-refractivity contribution in [3.8, 4) is 0 Å². The first-order valence-corrected chi connectivity index (χ1v) is 14.8. The molecule has 0 radical (unpaired) electrons. The number of rotatable bonds is 11. The molecule has 39 heavy (non-hydrogen) atoms. The maximum Gasteiger partial charge on any atom is 0.243 e. The monoisotopic (exact) mass is 546 g/mol. The molecule has 2 amide bonds. The van der Waals surface area contributed by atoms with Gasteiger partial charge < -0.3 is 20.3 Å². The van der Waals surface area contributed by atoms with Crippen LogP contribution in [0.2, 0.25) is 0 Å². The number of piperidine rings is 1. The summed E-state index contributed by atoms with van der Waals surface area (Å²) >= 11 is 1.46. The minimum Gasteiger partial charge on any atom is -0.375 e. The molecular weight excluding hydrogens is 508 g/mol. The van der Waals surface area contributed by atoms with Gasteiger partial charge in [0.1, 0.15) is 6.04 Å². The molecule has 3 atom stereocenters. The molecule has 2 heterocycles. The molecular formula is C31H38N4O3S. The second-order valence-corrected chi connectivity index (χ2v) is 11.3. The molecule has 3 N–H and O–H groups in total. The maximum atomic E-state index is 13.8. The summed E-state index contributed by atoms with van der Waals surface area (Å²) in [6.45, 7) is 3.61. The van der Waals surface area contributed by atoms with Crippen LogP contribution >= 0.6 is 11.9 Å². The van der Waals surface area contributed by atoms with Gasteiger partial charge in [-0.25, -0.2) is 4.72 Å². The van der Waals surface area contributed by atoms with E-state index in [1.165, 1.54) is 17.3 Å². The molecule has 8 heteroatoms. The fraction of sp³-hybridized carbons (Fsp3) is 0.419. The Morgan fingerprint density at radius 1 is 1.00 bits per heavy atom. The molecule has 0 bridgehead atoms. The van der Waals surface area contributed by atoms with Crippen LogP contribution in [0, 0.1) is 5.92 Å². The van der Waals surface area contributed by atoms with E-state index in [0.29, 0.717) is 19.7 Å². The first-order valence-electron chi connectivity index (χ1n) is 14.0. The van der Waals surface area contributed by atoms with E-state index in [1.807, 2.05) is 47.4 Å². The van der Waals surface area contributed by atoms with Gasteiger partial charge in [-0.1, -0.05) is 60.7 Å². The summed E-state index contributed by atoms with van der Waals surface area (Å²) in [6, 6.07) is 24.1. The highest BCUT2D eigenvalue weighted by Crippen LogP contribution is 2.24. The number of carbonyl (C=O) groups excluding carboxylic acids is 2. The predicted octanol–water partition coefficient (Wildman–Crippen LogP) is 4.13. The Morgan fingerprint density at radius 3 is 2.64 bits per heavy atom. The van der Waals surface area contributed by atoms with E-state index in [9.17, 15) is 9.59 Å². The summed E-state index contributed by atoms with van der Waals surface area (Å²) < 4.78 is 9.44. The maximum absolute atomic E-state index is 13.8. The molecule has 0 aliphatic carbocycles. The van der Waals surface area contributed by atoms with Crippen LogP contribution in [0.1, 0.15) is 31.2 Å². The zero-order valence-electron chi connectivity index (χ0n) is 22.3. The van der Waals surface area contributed by atoms with E-state index in [1.54, 1.807) is 0 Å². The number of nitrogens with one attached hydrogen (secondary N) is 3. The zero-order chi connectivity index (χ0) is 26.9. The Kier molecular flexibility index (Phi) is 9.88. The Hall–Kier alpha value is -2.91. The molecule has 3 aromatic rings. The lowest BCUT2D eigenvalue weighted by molar-refractivity contribution is -0.136. The number of fused-ring (bicyclic) bond motifs is 1. The molecule has 0 spiro atoms. The van der Waals surface area contributed by atoms with Crippen molar-refractivity contribution in [1.82, 2.24) is 20.3 Å². The Labute approximate surface area is 235 Å². The van der Waals surface area contributed by atoms with Crippen molar-refractivity contribution >= 4 is 34.5 Å². The average molecular weight is 547 g/mol. The van der Waals surface area contributed by atoms with Crippen LogP contribution in [0.5, 0.6) is 0 Å². The number of nitrogens with zero attached hydrogens (tertiary/aromatic N) is 1. The van der Waals surface area contributed by atoms with Gasteiger partial charge in [0.15, 0.2) is 0 Å². The number of carbonyl (C=O) groups is 2. The highest BCUT2D eigenvalue weighted by molar-refractivity contribution is 7.97. The second kappa shape index (κ2) is 13.9. The third kappa shape index (κ3) is 7.60. The molecule has 2 aliphatic heterocycles. The van der Waals surface area contributed by atoms with Crippen molar-refractivity contribution in [3.63, 3.8) is 0 Å². The number of amides is 2. The number of hydrogen-bond acceptors (Lipinski definition) is 6. The third-order valence-corrected chi connectivity index (χ3v) is 8.47. The lowest BCUT2D eigenvalue weighted by atomic mass is 9.99. The number of likely N-dealkylation sites (tertiary alicyclic amines) is 1. The topological polar surface area (TPSA) is 82.7 Å². The van der Waals surface area contributed by atoms with Crippen molar-refractivity contribution in [2.24, 2.45) is 5.92 Å². The molecule has 0 saturated carbocycles. The number of benzene rings is 3. The van der Waals surface area contributed by atoms with Gasteiger partial charge in [0, 0.05) is 30.6 Å². The zero-order valence-corrected chi connectivity index (χ0v) is 23.1. The van der Waals surface area contributed by atoms with E-state index in [4.69, 9.17) is 4.74 Å². The van der Waals surface area contributed by atoms with E-state index in [-0.39, 0.29) is 30.4 Å². The van der Waals surface area contributed by atoms with E-state index in [2.05, 4.69) is 45.7 Å². The smallest absolute Gasteiger partial charge is 0.243 e. The van der Waals surface area contributed by atoms with Crippen LogP contribution < -0.4 is 15.4 Å². The molecule has 206 valence electrons. The highest BCUT2D eigenvalue weighted by Gasteiger charge is 2.34. The van der Waals surface area contributed by atoms with E-state index < -0.39 is 6.04 Å². The highest BCUT2D eigenvalue weighted by atomic mass is 32.2. The molecule has 2 aliphatic rings. The van der Waals surface area contributed by atoms with Crippen molar-refractivity contribution in [1.29, 1.82) is 0 Å². The van der Waals surface area contributed by atoms with Crippen LogP contribution in [0.4, 0.5) is 0 Å². The lowest BCUT2D eigenvalue weighted by Gasteiger charge is -2.30. The van der Waals surface area contributed by atoms with Gasteiger partial charge in [0.25, 0.3) is 0 Å². The van der Waals surface area contributed by atoms with Gasteiger partial charge in [-0.3, -0.25) is 9.59 Å². The van der Waals surface area contributed by atoms with Gasteiger partial charge >= 0.3 is 0 Å². The van der Waals surface area contributed by atoms with Crippen molar-refractivity contribution in [3.05, 3.63) is 78.4 Å². The molecule has 7 nitrogen and oxygen atoms in total. The Morgan fingerprint density at radius 2 is 1.82 bits per heavy atom. The van der Waals surface area contributed by atoms with E-state index >= 15 is 0 Å². The molecule has 1 unspecified atom stereocenters. The quantitative estimate of drug-likeness (QED) is 0.314. The van der Waals surface area contributed by atoms with Crippen LogP contribution in [0.3, 0.4) is 0 Å². The van der Waals surface area contributed by atoms with Crippen molar-refractivity contribution in [2.75, 3.05) is 32.8 Å². The summed E-state index contributed by atoms with van der Waals surface area (Å²) in [5.74, 6) is 0.130. The van der Waals surface area contributed by atoms with Crippen molar-refractivity contribution < 1.29 is 14.3 Å². The minimum atomic E-state index is -0.510. The molecule has 5 rings (SSSR count). The first-order chi connectivity index (χ1) is 19.2. The fourth-order valence-corrected chi connectivity index (χ4v) is 6.14. The van der Waals surface area contributed by atoms with Crippen LogP contribution in [-0.4, -0.2) is 61.6 Å². The largest absolute Gasteiger partial charge is 0.375 e. The number of ether oxygens (including phenoxy) is 1. The normalized spacial score (nSPS) is 20.2. The van der Waals surface area contributed by atoms with E-state index in [0.717, 1.165) is 54.6 Å². The van der Waals surface area contributed by atoms with Gasteiger partial charge in [-0.15, -0.1) is 0 Å². The Bertz CT molecular complexity index is 1230. The summed E-state index contributed by atoms with van der Waals surface area (Å²) in [5, 5.41) is 8.78.